The molecule has 0 radical (unpaired) electrons. The van der Waals surface area contributed by atoms with E-state index in [2.05, 4.69) is 15.6 Å². The maximum Gasteiger partial charge on any atom is 0.417 e. The quantitative estimate of drug-likeness (QED) is 0.875. The summed E-state index contributed by atoms with van der Waals surface area (Å²) < 4.78 is 37.6. The molecule has 0 saturated carbocycles. The first-order chi connectivity index (χ1) is 10.9. The van der Waals surface area contributed by atoms with Gasteiger partial charge in [0.05, 0.1) is 10.6 Å². The lowest BCUT2D eigenvalue weighted by Crippen LogP contribution is -2.35. The summed E-state index contributed by atoms with van der Waals surface area (Å²) in [6.07, 6.45) is -2.62. The maximum absolute atomic E-state index is 12.5. The average molecular weight is 351 g/mol. The fourth-order valence-corrected chi connectivity index (χ4v) is 2.50. The molecule has 9 heteroatoms. The number of anilines is 1. The molecule has 0 spiro atoms. The van der Waals surface area contributed by atoms with Gasteiger partial charge in [-0.05, 0) is 19.0 Å². The van der Waals surface area contributed by atoms with E-state index < -0.39 is 11.7 Å². The molecule has 0 aromatic carbocycles. The van der Waals surface area contributed by atoms with Crippen LogP contribution in [0.2, 0.25) is 5.02 Å². The summed E-state index contributed by atoms with van der Waals surface area (Å²) in [5.41, 5.74) is -0.902. The highest BCUT2D eigenvalue weighted by Crippen LogP contribution is 2.32. The number of aromatic nitrogens is 1. The summed E-state index contributed by atoms with van der Waals surface area (Å²) >= 11 is 5.79. The third-order valence-electron chi connectivity index (χ3n) is 3.49. The van der Waals surface area contributed by atoms with E-state index in [4.69, 9.17) is 11.6 Å². The van der Waals surface area contributed by atoms with Crippen LogP contribution in [0.5, 0.6) is 0 Å². The Morgan fingerprint density at radius 3 is 2.87 bits per heavy atom. The molecule has 2 N–H and O–H groups in total. The van der Waals surface area contributed by atoms with Crippen molar-refractivity contribution in [2.45, 2.75) is 19.0 Å². The van der Waals surface area contributed by atoms with Gasteiger partial charge in [0.1, 0.15) is 5.82 Å². The predicted octanol–water partition coefficient (Wildman–Crippen LogP) is 2.38. The van der Waals surface area contributed by atoms with Crippen molar-refractivity contribution in [1.82, 2.24) is 15.2 Å². The molecule has 1 saturated heterocycles. The number of hydrogen-bond donors (Lipinski definition) is 2. The zero-order valence-electron chi connectivity index (χ0n) is 12.4. The summed E-state index contributed by atoms with van der Waals surface area (Å²) in [5.74, 6) is 0.147. The van der Waals surface area contributed by atoms with Crippen LogP contribution < -0.4 is 10.6 Å². The highest BCUT2D eigenvalue weighted by atomic mass is 35.5. The third kappa shape index (κ3) is 5.24. The summed E-state index contributed by atoms with van der Waals surface area (Å²) in [7, 11) is 0. The Labute approximate surface area is 137 Å². The molecular weight excluding hydrogens is 333 g/mol. The number of rotatable bonds is 4. The number of carbonyl (C=O) groups excluding carboxylic acids is 1. The zero-order valence-corrected chi connectivity index (χ0v) is 13.2. The molecule has 0 atom stereocenters. The molecule has 2 heterocycles. The summed E-state index contributed by atoms with van der Waals surface area (Å²) in [6.45, 7) is 3.31. The minimum Gasteiger partial charge on any atom is -0.368 e. The van der Waals surface area contributed by atoms with Crippen LogP contribution in [0.15, 0.2) is 12.3 Å². The van der Waals surface area contributed by atoms with Crippen LogP contribution in [0.3, 0.4) is 0 Å². The minimum absolute atomic E-state index is 0.00392. The Morgan fingerprint density at radius 2 is 2.17 bits per heavy atom. The average Bonchev–Trinajstić information content (AvgIpc) is 2.77. The van der Waals surface area contributed by atoms with Crippen LogP contribution in [-0.4, -0.2) is 48.5 Å². The number of amides is 1. The summed E-state index contributed by atoms with van der Waals surface area (Å²) in [5, 5.41) is 5.89. The lowest BCUT2D eigenvalue weighted by atomic mass is 10.2. The van der Waals surface area contributed by atoms with Gasteiger partial charge in [-0.3, -0.25) is 4.79 Å². The minimum atomic E-state index is -4.48. The van der Waals surface area contributed by atoms with Gasteiger partial charge in [-0.1, -0.05) is 11.6 Å². The topological polar surface area (TPSA) is 57.3 Å². The first-order valence-corrected chi connectivity index (χ1v) is 7.71. The van der Waals surface area contributed by atoms with Crippen LogP contribution in [-0.2, 0) is 11.0 Å². The molecule has 0 unspecified atom stereocenters. The van der Waals surface area contributed by atoms with Crippen molar-refractivity contribution in [1.29, 1.82) is 0 Å². The zero-order chi connectivity index (χ0) is 16.9. The van der Waals surface area contributed by atoms with E-state index in [1.807, 2.05) is 0 Å². The summed E-state index contributed by atoms with van der Waals surface area (Å²) in [6, 6.07) is 0.819. The van der Waals surface area contributed by atoms with Gasteiger partial charge < -0.3 is 15.5 Å². The van der Waals surface area contributed by atoms with Gasteiger partial charge in [0.25, 0.3) is 0 Å². The molecule has 128 valence electrons. The van der Waals surface area contributed by atoms with E-state index in [9.17, 15) is 18.0 Å². The second-order valence-corrected chi connectivity index (χ2v) is 5.62. The lowest BCUT2D eigenvalue weighted by Gasteiger charge is -2.20. The molecule has 1 aromatic heterocycles. The number of carbonyl (C=O) groups is 1. The number of pyridine rings is 1. The Kier molecular flexibility index (Phi) is 6.06. The second-order valence-electron chi connectivity index (χ2n) is 5.21. The molecular formula is C14H18ClF3N4O. The molecule has 23 heavy (non-hydrogen) atoms. The Bertz CT molecular complexity index is 545. The molecule has 1 aromatic rings. The van der Waals surface area contributed by atoms with Crippen molar-refractivity contribution < 1.29 is 18.0 Å². The second kappa shape index (κ2) is 7.83. The SMILES string of the molecule is O=C(CCNc1ncc(C(F)(F)F)cc1Cl)N1CCCNCC1. The van der Waals surface area contributed by atoms with E-state index in [0.717, 1.165) is 31.8 Å². The normalized spacial score (nSPS) is 16.1. The Hall–Kier alpha value is -1.54. The van der Waals surface area contributed by atoms with E-state index >= 15 is 0 Å². The predicted molar refractivity (Wildman–Crippen MR) is 81.4 cm³/mol. The molecule has 1 aliphatic rings. The van der Waals surface area contributed by atoms with E-state index in [1.165, 1.54) is 0 Å². The highest BCUT2D eigenvalue weighted by molar-refractivity contribution is 6.32. The molecule has 2 rings (SSSR count). The third-order valence-corrected chi connectivity index (χ3v) is 3.78. The largest absolute Gasteiger partial charge is 0.417 e. The van der Waals surface area contributed by atoms with Gasteiger partial charge in [0.15, 0.2) is 0 Å². The van der Waals surface area contributed by atoms with Gasteiger partial charge >= 0.3 is 6.18 Å². The van der Waals surface area contributed by atoms with Crippen LogP contribution >= 0.6 is 11.6 Å². The Morgan fingerprint density at radius 1 is 1.39 bits per heavy atom. The van der Waals surface area contributed by atoms with Gasteiger partial charge in [-0.2, -0.15) is 13.2 Å². The Balaban J connectivity index is 1.85. The standard InChI is InChI=1S/C14H18ClF3N4O/c15-11-8-10(14(16,17)18)9-21-13(11)20-4-2-12(23)22-6-1-3-19-5-7-22/h8-9,19H,1-7H2,(H,20,21). The van der Waals surface area contributed by atoms with Crippen molar-refractivity contribution in [2.75, 3.05) is 38.0 Å². The van der Waals surface area contributed by atoms with E-state index in [-0.39, 0.29) is 29.7 Å². The number of nitrogens with one attached hydrogen (secondary N) is 2. The smallest absolute Gasteiger partial charge is 0.368 e. The first kappa shape index (κ1) is 17.8. The van der Waals surface area contributed by atoms with Crippen LogP contribution in [0, 0.1) is 0 Å². The molecule has 5 nitrogen and oxygen atoms in total. The van der Waals surface area contributed by atoms with Gasteiger partial charge in [0, 0.05) is 38.8 Å². The fourth-order valence-electron chi connectivity index (χ4n) is 2.26. The van der Waals surface area contributed by atoms with Crippen LogP contribution in [0.4, 0.5) is 19.0 Å². The monoisotopic (exact) mass is 350 g/mol. The van der Waals surface area contributed by atoms with E-state index in [1.54, 1.807) is 4.90 Å². The molecule has 1 aliphatic heterocycles. The summed E-state index contributed by atoms with van der Waals surface area (Å²) in [4.78, 5) is 17.5. The van der Waals surface area contributed by atoms with Crippen molar-refractivity contribution in [3.63, 3.8) is 0 Å². The molecule has 1 amide bonds. The van der Waals surface area contributed by atoms with Crippen molar-refractivity contribution >= 4 is 23.3 Å². The molecule has 1 fully saturated rings. The van der Waals surface area contributed by atoms with Crippen molar-refractivity contribution in [2.24, 2.45) is 0 Å². The molecule has 0 aliphatic carbocycles. The van der Waals surface area contributed by atoms with Gasteiger partial charge in [-0.15, -0.1) is 0 Å². The van der Waals surface area contributed by atoms with Gasteiger partial charge in [0.2, 0.25) is 5.91 Å². The number of halogens is 4. The van der Waals surface area contributed by atoms with Crippen molar-refractivity contribution in [3.05, 3.63) is 22.8 Å². The fraction of sp³-hybridized carbons (Fsp3) is 0.571. The lowest BCUT2D eigenvalue weighted by molar-refractivity contribution is -0.137. The van der Waals surface area contributed by atoms with Crippen LogP contribution in [0.1, 0.15) is 18.4 Å². The van der Waals surface area contributed by atoms with Crippen molar-refractivity contribution in [3.8, 4) is 0 Å². The number of nitrogens with zero attached hydrogens (tertiary/aromatic N) is 2. The van der Waals surface area contributed by atoms with E-state index in [0.29, 0.717) is 13.1 Å². The first-order valence-electron chi connectivity index (χ1n) is 7.33. The van der Waals surface area contributed by atoms with Gasteiger partial charge in [-0.25, -0.2) is 4.98 Å². The maximum atomic E-state index is 12.5. The number of alkyl halides is 3. The highest BCUT2D eigenvalue weighted by Gasteiger charge is 2.31. The van der Waals surface area contributed by atoms with Crippen LogP contribution in [0.25, 0.3) is 0 Å². The molecule has 0 bridgehead atoms. The number of hydrogen-bond acceptors (Lipinski definition) is 4.